The monoisotopic (exact) mass is 420 g/mol. The minimum atomic E-state index is -1.25. The molecular weight excluding hydrogens is 388 g/mol. The number of benzene rings is 1. The molecule has 0 amide bonds. The molecule has 4 saturated heterocycles. The van der Waals surface area contributed by atoms with Crippen molar-refractivity contribution in [2.24, 2.45) is 23.7 Å². The van der Waals surface area contributed by atoms with Crippen LogP contribution in [0.5, 0.6) is 0 Å². The molecule has 2 bridgehead atoms. The third-order valence-electron chi connectivity index (χ3n) is 7.86. The minimum absolute atomic E-state index is 0.0268. The average Bonchev–Trinajstić information content (AvgIpc) is 2.92. The molecule has 7 nitrogen and oxygen atoms in total. The highest BCUT2D eigenvalue weighted by atomic mass is 17.3. The molecule has 7 heteroatoms. The first-order valence-electron chi connectivity index (χ1n) is 11.1. The molecule has 0 aromatic heterocycles. The number of fused-ring (bicyclic) bond motifs is 2. The molecule has 166 valence electrons. The van der Waals surface area contributed by atoms with Gasteiger partial charge in [-0.1, -0.05) is 38.1 Å². The first kappa shape index (κ1) is 20.8. The van der Waals surface area contributed by atoms with E-state index in [0.29, 0.717) is 18.9 Å². The van der Waals surface area contributed by atoms with Gasteiger partial charge in [0.1, 0.15) is 6.10 Å². The van der Waals surface area contributed by atoms with Crippen molar-refractivity contribution in [3.05, 3.63) is 35.4 Å². The van der Waals surface area contributed by atoms with Crippen molar-refractivity contribution in [3.63, 3.8) is 0 Å². The highest BCUT2D eigenvalue weighted by Gasteiger charge is 2.71. The summed E-state index contributed by atoms with van der Waals surface area (Å²) in [5.41, 5.74) is 1.16. The summed E-state index contributed by atoms with van der Waals surface area (Å²) >= 11 is 0. The van der Waals surface area contributed by atoms with E-state index in [1.165, 1.54) is 0 Å². The van der Waals surface area contributed by atoms with Crippen LogP contribution in [-0.4, -0.2) is 40.3 Å². The van der Waals surface area contributed by atoms with E-state index < -0.39 is 30.1 Å². The van der Waals surface area contributed by atoms with Crippen LogP contribution in [-0.2, 0) is 37.2 Å². The highest BCUT2D eigenvalue weighted by molar-refractivity contribution is 5.21. The lowest BCUT2D eigenvalue weighted by Crippen LogP contribution is -2.70. The van der Waals surface area contributed by atoms with Crippen molar-refractivity contribution < 1.29 is 34.2 Å². The minimum Gasteiger partial charge on any atom is -0.392 e. The van der Waals surface area contributed by atoms with Crippen molar-refractivity contribution >= 4 is 0 Å². The fourth-order valence-electron chi connectivity index (χ4n) is 5.94. The number of ether oxygens (including phenoxy) is 3. The second kappa shape index (κ2) is 7.52. The Hall–Kier alpha value is -1.06. The standard InChI is InChI=1S/C23H32O7/c1-13-4-9-17-14(2)20(26-12-16-7-5-15(11-24)6-8-16)27-21-23(17)18(13)10-19(25)22(3,28-21)29-30-23/h5-8,13-14,17-21,24-25H,4,9-12H2,1-3H3/t13-,14-,17+,18+,19-,20+,21-,22+,23+/m1/s1. The Labute approximate surface area is 177 Å². The molecule has 2 N–H and O–H groups in total. The molecule has 1 saturated carbocycles. The summed E-state index contributed by atoms with van der Waals surface area (Å²) in [5, 5.41) is 20.0. The van der Waals surface area contributed by atoms with Crippen LogP contribution in [0.15, 0.2) is 24.3 Å². The fraction of sp³-hybridized carbons (Fsp3) is 0.739. The Morgan fingerprint density at radius 2 is 1.80 bits per heavy atom. The first-order valence-corrected chi connectivity index (χ1v) is 11.1. The maximum atomic E-state index is 10.8. The fourth-order valence-corrected chi connectivity index (χ4v) is 5.94. The zero-order valence-corrected chi connectivity index (χ0v) is 17.8. The van der Waals surface area contributed by atoms with Crippen LogP contribution in [0.2, 0.25) is 0 Å². The van der Waals surface area contributed by atoms with Gasteiger partial charge in [-0.3, -0.25) is 0 Å². The largest absolute Gasteiger partial charge is 0.392 e. The Morgan fingerprint density at radius 1 is 1.07 bits per heavy atom. The molecule has 5 aliphatic rings. The third-order valence-corrected chi connectivity index (χ3v) is 7.86. The lowest BCUT2D eigenvalue weighted by atomic mass is 9.58. The Balaban J connectivity index is 1.40. The Bertz CT molecular complexity index is 769. The molecule has 1 aliphatic carbocycles. The summed E-state index contributed by atoms with van der Waals surface area (Å²) in [4.78, 5) is 11.8. The molecular formula is C23H32O7. The number of aliphatic hydroxyl groups is 2. The van der Waals surface area contributed by atoms with E-state index in [-0.39, 0.29) is 24.4 Å². The molecule has 4 heterocycles. The second-order valence-electron chi connectivity index (χ2n) is 9.65. The normalized spacial score (nSPS) is 47.6. The molecule has 9 atom stereocenters. The maximum Gasteiger partial charge on any atom is 0.227 e. The number of hydrogen-bond donors (Lipinski definition) is 2. The molecule has 1 aromatic carbocycles. The van der Waals surface area contributed by atoms with Crippen molar-refractivity contribution in [1.29, 1.82) is 0 Å². The SMILES string of the molecule is C[C@H]1[C@@H](OCc2ccc(CO)cc2)O[C@@H]2O[C@@]3(C)OO[C@]24[C@H]1CC[C@@H](C)[C@@H]4C[C@H]3O. The Kier molecular flexibility index (Phi) is 5.22. The lowest BCUT2D eigenvalue weighted by molar-refractivity contribution is -0.583. The van der Waals surface area contributed by atoms with Crippen LogP contribution in [0.25, 0.3) is 0 Å². The highest BCUT2D eigenvalue weighted by Crippen LogP contribution is 2.60. The smallest absolute Gasteiger partial charge is 0.227 e. The summed E-state index contributed by atoms with van der Waals surface area (Å²) in [5.74, 6) is -0.545. The van der Waals surface area contributed by atoms with Gasteiger partial charge in [0.15, 0.2) is 18.2 Å². The van der Waals surface area contributed by atoms with E-state index in [2.05, 4.69) is 13.8 Å². The number of rotatable bonds is 4. The Morgan fingerprint density at radius 3 is 2.53 bits per heavy atom. The summed E-state index contributed by atoms with van der Waals surface area (Å²) in [7, 11) is 0. The van der Waals surface area contributed by atoms with Gasteiger partial charge in [0, 0.05) is 17.8 Å². The molecule has 5 fully saturated rings. The molecule has 1 spiro atoms. The third kappa shape index (κ3) is 3.06. The summed E-state index contributed by atoms with van der Waals surface area (Å²) in [6.07, 6.45) is 0.741. The van der Waals surface area contributed by atoms with E-state index >= 15 is 0 Å². The summed E-state index contributed by atoms with van der Waals surface area (Å²) in [6.45, 7) is 6.50. The van der Waals surface area contributed by atoms with Crippen LogP contribution in [0, 0.1) is 23.7 Å². The van der Waals surface area contributed by atoms with E-state index in [0.717, 1.165) is 24.0 Å². The van der Waals surface area contributed by atoms with Gasteiger partial charge in [0.2, 0.25) is 5.79 Å². The van der Waals surface area contributed by atoms with Gasteiger partial charge >= 0.3 is 0 Å². The molecule has 30 heavy (non-hydrogen) atoms. The van der Waals surface area contributed by atoms with Crippen molar-refractivity contribution in [2.45, 2.75) is 83.3 Å². The summed E-state index contributed by atoms with van der Waals surface area (Å²) < 4.78 is 18.8. The van der Waals surface area contributed by atoms with E-state index in [1.807, 2.05) is 24.3 Å². The van der Waals surface area contributed by atoms with Crippen LogP contribution in [0.4, 0.5) is 0 Å². The van der Waals surface area contributed by atoms with Crippen molar-refractivity contribution in [2.75, 3.05) is 0 Å². The van der Waals surface area contributed by atoms with Crippen LogP contribution < -0.4 is 0 Å². The molecule has 1 aromatic rings. The van der Waals surface area contributed by atoms with Gasteiger partial charge in [0.05, 0.1) is 13.2 Å². The van der Waals surface area contributed by atoms with Gasteiger partial charge in [0.25, 0.3) is 0 Å². The van der Waals surface area contributed by atoms with Crippen LogP contribution in [0.3, 0.4) is 0 Å². The van der Waals surface area contributed by atoms with Crippen LogP contribution in [0.1, 0.15) is 51.2 Å². The molecule has 6 rings (SSSR count). The quantitative estimate of drug-likeness (QED) is 0.725. The number of aliphatic hydroxyl groups excluding tert-OH is 2. The molecule has 4 aliphatic heterocycles. The van der Waals surface area contributed by atoms with Gasteiger partial charge in [-0.15, -0.1) is 0 Å². The predicted octanol–water partition coefficient (Wildman–Crippen LogP) is 2.87. The number of hydrogen-bond acceptors (Lipinski definition) is 7. The molecule has 0 unspecified atom stereocenters. The van der Waals surface area contributed by atoms with Crippen molar-refractivity contribution in [1.82, 2.24) is 0 Å². The average molecular weight is 421 g/mol. The molecule has 0 radical (unpaired) electrons. The van der Waals surface area contributed by atoms with Gasteiger partial charge in [-0.05, 0) is 43.2 Å². The van der Waals surface area contributed by atoms with E-state index in [9.17, 15) is 10.2 Å². The zero-order valence-electron chi connectivity index (χ0n) is 17.8. The van der Waals surface area contributed by atoms with Crippen LogP contribution >= 0.6 is 0 Å². The van der Waals surface area contributed by atoms with Gasteiger partial charge in [-0.25, -0.2) is 4.89 Å². The lowest BCUT2D eigenvalue weighted by Gasteiger charge is -2.60. The van der Waals surface area contributed by atoms with Gasteiger partial charge < -0.3 is 24.4 Å². The van der Waals surface area contributed by atoms with Crippen molar-refractivity contribution in [3.8, 4) is 0 Å². The summed E-state index contributed by atoms with van der Waals surface area (Å²) in [6, 6.07) is 7.70. The van der Waals surface area contributed by atoms with E-state index in [4.69, 9.17) is 24.0 Å². The first-order chi connectivity index (χ1) is 14.4. The second-order valence-corrected chi connectivity index (χ2v) is 9.65. The topological polar surface area (TPSA) is 86.6 Å². The van der Waals surface area contributed by atoms with Gasteiger partial charge in [-0.2, -0.15) is 4.89 Å². The predicted molar refractivity (Wildman–Crippen MR) is 105 cm³/mol. The zero-order chi connectivity index (χ0) is 21.1. The maximum absolute atomic E-state index is 10.8. The van der Waals surface area contributed by atoms with E-state index in [1.54, 1.807) is 6.92 Å².